The van der Waals surface area contributed by atoms with Crippen molar-refractivity contribution < 1.29 is 14.3 Å². The number of nitrogens with one attached hydrogen (secondary N) is 2. The summed E-state index contributed by atoms with van der Waals surface area (Å²) in [7, 11) is 1.74. The van der Waals surface area contributed by atoms with Gasteiger partial charge in [0, 0.05) is 39.7 Å². The molecule has 2 aromatic rings. The molecule has 1 atom stereocenters. The second kappa shape index (κ2) is 10.0. The Labute approximate surface area is 199 Å². The molecule has 3 aliphatic rings. The van der Waals surface area contributed by atoms with Crippen LogP contribution in [0.25, 0.3) is 11.0 Å². The van der Waals surface area contributed by atoms with Crippen molar-refractivity contribution in [1.29, 1.82) is 0 Å². The van der Waals surface area contributed by atoms with Crippen LogP contribution in [-0.4, -0.2) is 64.7 Å². The summed E-state index contributed by atoms with van der Waals surface area (Å²) in [5.74, 6) is 0.0163. The van der Waals surface area contributed by atoms with Crippen molar-refractivity contribution in [2.45, 2.75) is 57.2 Å². The number of amides is 2. The first-order valence-corrected chi connectivity index (χ1v) is 12.6. The summed E-state index contributed by atoms with van der Waals surface area (Å²) in [6.07, 6.45) is 5.49. The molecule has 34 heavy (non-hydrogen) atoms. The van der Waals surface area contributed by atoms with Crippen LogP contribution in [0.5, 0.6) is 0 Å². The first kappa shape index (κ1) is 23.3. The Hall–Kier alpha value is -2.49. The lowest BCUT2D eigenvalue weighted by Crippen LogP contribution is -2.44. The normalized spacial score (nSPS) is 23.5. The van der Waals surface area contributed by atoms with E-state index in [1.165, 1.54) is 17.4 Å². The van der Waals surface area contributed by atoms with E-state index in [0.717, 1.165) is 68.8 Å². The van der Waals surface area contributed by atoms with E-state index in [-0.39, 0.29) is 18.0 Å². The molecule has 5 rings (SSSR count). The standard InChI is InChI=1S/C25H35N5O4/c1-28-22-14-18(2-3-20(22)30(25(28)33)21-4-5-23(31)27-24(21)32)15-29-12-8-19(9-13-29)34-16-17-6-10-26-11-7-17/h2-3,14,17,19,21,26H,4-13,15-16H2,1H3,(H,27,31,32). The maximum Gasteiger partial charge on any atom is 0.329 e. The number of likely N-dealkylation sites (tertiary alicyclic amines) is 1. The quantitative estimate of drug-likeness (QED) is 0.619. The van der Waals surface area contributed by atoms with Gasteiger partial charge < -0.3 is 10.1 Å². The summed E-state index contributed by atoms with van der Waals surface area (Å²) in [5.41, 5.74) is 2.47. The second-order valence-corrected chi connectivity index (χ2v) is 10.0. The molecule has 0 spiro atoms. The third-order valence-corrected chi connectivity index (χ3v) is 7.64. The average Bonchev–Trinajstić information content (AvgIpc) is 3.09. The number of rotatable bonds is 6. The van der Waals surface area contributed by atoms with Crippen LogP contribution < -0.4 is 16.3 Å². The van der Waals surface area contributed by atoms with Gasteiger partial charge in [0.2, 0.25) is 11.8 Å². The minimum atomic E-state index is -0.649. The molecule has 0 radical (unpaired) electrons. The molecule has 1 aromatic carbocycles. The van der Waals surface area contributed by atoms with Crippen LogP contribution >= 0.6 is 0 Å². The maximum absolute atomic E-state index is 13.0. The molecule has 2 amide bonds. The number of benzene rings is 1. The van der Waals surface area contributed by atoms with Crippen LogP contribution in [0, 0.1) is 5.92 Å². The smallest absolute Gasteiger partial charge is 0.329 e. The van der Waals surface area contributed by atoms with E-state index in [1.807, 2.05) is 12.1 Å². The van der Waals surface area contributed by atoms with Crippen molar-refractivity contribution in [1.82, 2.24) is 24.7 Å². The Bertz CT molecular complexity index is 1110. The van der Waals surface area contributed by atoms with Crippen molar-refractivity contribution in [2.24, 2.45) is 13.0 Å². The van der Waals surface area contributed by atoms with E-state index < -0.39 is 11.9 Å². The number of nitrogens with zero attached hydrogens (tertiary/aromatic N) is 3. The largest absolute Gasteiger partial charge is 0.378 e. The number of ether oxygens (including phenoxy) is 1. The van der Waals surface area contributed by atoms with Gasteiger partial charge >= 0.3 is 5.69 Å². The Kier molecular flexibility index (Phi) is 6.85. The SMILES string of the molecule is Cn1c(=O)n(C2CCC(=O)NC2=O)c2ccc(CN3CCC(OCC4CCNCC4)CC3)cc21. The van der Waals surface area contributed by atoms with Crippen molar-refractivity contribution in [2.75, 3.05) is 32.8 Å². The minimum absolute atomic E-state index is 0.228. The van der Waals surface area contributed by atoms with Crippen LogP contribution in [0.15, 0.2) is 23.0 Å². The number of fused-ring (bicyclic) bond motifs is 1. The number of imide groups is 1. The van der Waals surface area contributed by atoms with Gasteiger partial charge in [0.25, 0.3) is 0 Å². The lowest BCUT2D eigenvalue weighted by Gasteiger charge is -2.33. The number of hydrogen-bond acceptors (Lipinski definition) is 6. The van der Waals surface area contributed by atoms with Gasteiger partial charge in [-0.2, -0.15) is 0 Å². The Balaban J connectivity index is 1.21. The summed E-state index contributed by atoms with van der Waals surface area (Å²) < 4.78 is 9.37. The average molecular weight is 470 g/mol. The van der Waals surface area contributed by atoms with Crippen LogP contribution in [0.2, 0.25) is 0 Å². The van der Waals surface area contributed by atoms with Crippen molar-refractivity contribution >= 4 is 22.8 Å². The second-order valence-electron chi connectivity index (χ2n) is 10.0. The Morgan fingerprint density at radius 3 is 2.50 bits per heavy atom. The molecule has 0 saturated carbocycles. The molecule has 1 unspecified atom stereocenters. The van der Waals surface area contributed by atoms with Gasteiger partial charge in [0.1, 0.15) is 6.04 Å². The van der Waals surface area contributed by atoms with Crippen LogP contribution in [0.3, 0.4) is 0 Å². The molecule has 4 heterocycles. The zero-order valence-corrected chi connectivity index (χ0v) is 19.9. The first-order chi connectivity index (χ1) is 16.5. The minimum Gasteiger partial charge on any atom is -0.378 e. The van der Waals surface area contributed by atoms with Crippen molar-refractivity contribution in [3.8, 4) is 0 Å². The number of hydrogen-bond donors (Lipinski definition) is 2. The number of aromatic nitrogens is 2. The highest BCUT2D eigenvalue weighted by Gasteiger charge is 2.31. The van der Waals surface area contributed by atoms with E-state index >= 15 is 0 Å². The molecular formula is C25H35N5O4. The molecule has 0 aliphatic carbocycles. The summed E-state index contributed by atoms with van der Waals surface area (Å²) in [5, 5.41) is 5.77. The number of piperidine rings is 3. The zero-order chi connectivity index (χ0) is 23.7. The lowest BCUT2D eigenvalue weighted by molar-refractivity contribution is -0.135. The molecule has 0 bridgehead atoms. The molecule has 184 valence electrons. The number of imidazole rings is 1. The fourth-order valence-corrected chi connectivity index (χ4v) is 5.55. The number of carbonyl (C=O) groups is 2. The molecule has 3 fully saturated rings. The summed E-state index contributed by atoms with van der Waals surface area (Å²) in [6.45, 7) is 5.95. The van der Waals surface area contributed by atoms with E-state index in [0.29, 0.717) is 18.4 Å². The predicted octanol–water partition coefficient (Wildman–Crippen LogP) is 1.30. The summed E-state index contributed by atoms with van der Waals surface area (Å²) >= 11 is 0. The Morgan fingerprint density at radius 1 is 1.00 bits per heavy atom. The fourth-order valence-electron chi connectivity index (χ4n) is 5.55. The zero-order valence-electron chi connectivity index (χ0n) is 19.9. The fraction of sp³-hybridized carbons (Fsp3) is 0.640. The monoisotopic (exact) mass is 469 g/mol. The molecule has 3 saturated heterocycles. The van der Waals surface area contributed by atoms with Gasteiger partial charge in [0.15, 0.2) is 0 Å². The van der Waals surface area contributed by atoms with Gasteiger partial charge in [-0.05, 0) is 68.8 Å². The summed E-state index contributed by atoms with van der Waals surface area (Å²) in [6, 6.07) is 5.39. The highest BCUT2D eigenvalue weighted by atomic mass is 16.5. The topological polar surface area (TPSA) is 97.6 Å². The number of carbonyl (C=O) groups excluding carboxylic acids is 2. The number of aryl methyl sites for hydroxylation is 1. The molecular weight excluding hydrogens is 434 g/mol. The summed E-state index contributed by atoms with van der Waals surface area (Å²) in [4.78, 5) is 39.3. The van der Waals surface area contributed by atoms with Gasteiger partial charge in [-0.15, -0.1) is 0 Å². The highest BCUT2D eigenvalue weighted by Crippen LogP contribution is 2.25. The van der Waals surface area contributed by atoms with Crippen LogP contribution in [-0.2, 0) is 27.9 Å². The van der Waals surface area contributed by atoms with E-state index in [9.17, 15) is 14.4 Å². The third kappa shape index (κ3) is 4.82. The van der Waals surface area contributed by atoms with Gasteiger partial charge in [-0.1, -0.05) is 6.07 Å². The maximum atomic E-state index is 13.0. The van der Waals surface area contributed by atoms with Gasteiger partial charge in [-0.3, -0.25) is 28.9 Å². The van der Waals surface area contributed by atoms with Crippen molar-refractivity contribution in [3.63, 3.8) is 0 Å². The molecule has 3 aliphatic heterocycles. The van der Waals surface area contributed by atoms with Crippen LogP contribution in [0.1, 0.15) is 50.1 Å². The molecule has 9 nitrogen and oxygen atoms in total. The van der Waals surface area contributed by atoms with E-state index in [2.05, 4.69) is 21.6 Å². The third-order valence-electron chi connectivity index (χ3n) is 7.64. The van der Waals surface area contributed by atoms with Gasteiger partial charge in [0.05, 0.1) is 17.1 Å². The van der Waals surface area contributed by atoms with Gasteiger partial charge in [-0.25, -0.2) is 4.79 Å². The van der Waals surface area contributed by atoms with Crippen LogP contribution in [0.4, 0.5) is 0 Å². The molecule has 9 heteroatoms. The highest BCUT2D eigenvalue weighted by molar-refractivity contribution is 6.00. The molecule has 1 aromatic heterocycles. The van der Waals surface area contributed by atoms with E-state index in [4.69, 9.17) is 4.74 Å². The van der Waals surface area contributed by atoms with E-state index in [1.54, 1.807) is 11.6 Å². The Morgan fingerprint density at radius 2 is 1.76 bits per heavy atom. The predicted molar refractivity (Wildman–Crippen MR) is 128 cm³/mol. The lowest BCUT2D eigenvalue weighted by atomic mass is 9.99. The molecule has 2 N–H and O–H groups in total. The first-order valence-electron chi connectivity index (χ1n) is 12.6. The van der Waals surface area contributed by atoms with Crippen molar-refractivity contribution in [3.05, 3.63) is 34.2 Å².